The molecular weight excluding hydrogens is 957 g/mol. The van der Waals surface area contributed by atoms with E-state index in [1.807, 2.05) is 15.9 Å². The summed E-state index contributed by atoms with van der Waals surface area (Å²) in [6, 6.07) is 18.5. The molecule has 10 rings (SSSR count). The van der Waals surface area contributed by atoms with Crippen molar-refractivity contribution in [1.82, 2.24) is 54.9 Å². The van der Waals surface area contributed by atoms with Crippen molar-refractivity contribution < 1.29 is 28.3 Å². The Morgan fingerprint density at radius 3 is 2.25 bits per heavy atom. The number of piperazine rings is 2. The number of oxazole rings is 1. The second-order valence-electron chi connectivity index (χ2n) is 18.5. The lowest BCUT2D eigenvalue weighted by molar-refractivity contribution is -0.132. The fraction of sp³-hybridized carbons (Fsp3) is 0.340. The van der Waals surface area contributed by atoms with Crippen molar-refractivity contribution in [3.63, 3.8) is 0 Å². The lowest BCUT2D eigenvalue weighted by Gasteiger charge is -2.35. The van der Waals surface area contributed by atoms with Gasteiger partial charge in [0.1, 0.15) is 29.2 Å². The number of rotatable bonds is 18. The molecule has 0 radical (unpaired) electrons. The van der Waals surface area contributed by atoms with Gasteiger partial charge < -0.3 is 49.9 Å². The zero-order valence-electron chi connectivity index (χ0n) is 41.7. The largest absolute Gasteiger partial charge is 0.497 e. The molecule has 5 N–H and O–H groups in total. The molecule has 22 heteroatoms. The smallest absolute Gasteiger partial charge is 0.257 e. The van der Waals surface area contributed by atoms with E-state index in [1.165, 1.54) is 18.3 Å². The number of benzene rings is 3. The summed E-state index contributed by atoms with van der Waals surface area (Å²) >= 11 is 0. The van der Waals surface area contributed by atoms with Crippen molar-refractivity contribution in [2.45, 2.75) is 32.5 Å². The van der Waals surface area contributed by atoms with Crippen LogP contribution in [-0.2, 0) is 35.6 Å². The summed E-state index contributed by atoms with van der Waals surface area (Å²) in [5, 5.41) is 15.2. The number of anilines is 4. The molecule has 22 nitrogen and oxygen atoms in total. The average molecular weight is 1020 g/mol. The summed E-state index contributed by atoms with van der Waals surface area (Å²) in [6.07, 6.45) is 10.5. The number of carbonyl (C=O) groups is 3. The second kappa shape index (κ2) is 23.1. The van der Waals surface area contributed by atoms with Crippen LogP contribution < -0.4 is 30.9 Å². The van der Waals surface area contributed by atoms with Crippen LogP contribution in [0.15, 0.2) is 103 Å². The minimum atomic E-state index is -0.209. The third kappa shape index (κ3) is 11.9. The zero-order valence-corrected chi connectivity index (χ0v) is 41.7. The summed E-state index contributed by atoms with van der Waals surface area (Å²) in [5.41, 5.74) is 13.8. The SMILES string of the molecule is COc1cccc(C(=O)NCc2cnc(N3CCN(C(=O)CCOCCN4CCN(c5ncc(C(=O)N6CCc7cc(CNc8ncnc(N)c8C(=N)c8ccc9ocnc9c8)ccc7C6)cn5)CC4)CC3)nc2)c1. The van der Waals surface area contributed by atoms with E-state index in [4.69, 9.17) is 25.0 Å². The number of nitrogens with two attached hydrogens (primary N) is 1. The highest BCUT2D eigenvalue weighted by Gasteiger charge is 2.26. The van der Waals surface area contributed by atoms with Crippen LogP contribution in [0.5, 0.6) is 5.75 Å². The van der Waals surface area contributed by atoms with Gasteiger partial charge >= 0.3 is 0 Å². The summed E-state index contributed by atoms with van der Waals surface area (Å²) < 4.78 is 16.5. The Labute approximate surface area is 432 Å². The number of amides is 3. The van der Waals surface area contributed by atoms with Gasteiger partial charge in [-0.05, 0) is 59.5 Å². The predicted molar refractivity (Wildman–Crippen MR) is 280 cm³/mol. The van der Waals surface area contributed by atoms with Crippen molar-refractivity contribution in [3.8, 4) is 5.75 Å². The number of ether oxygens (including phenoxy) is 2. The fourth-order valence-corrected chi connectivity index (χ4v) is 9.38. The lowest BCUT2D eigenvalue weighted by atomic mass is 9.96. The lowest BCUT2D eigenvalue weighted by Crippen LogP contribution is -2.49. The van der Waals surface area contributed by atoms with E-state index in [2.05, 4.69) is 72.4 Å². The van der Waals surface area contributed by atoms with Gasteiger partial charge in [-0.1, -0.05) is 24.3 Å². The Kier molecular flexibility index (Phi) is 15.4. The molecule has 3 aliphatic heterocycles. The second-order valence-corrected chi connectivity index (χ2v) is 18.5. The van der Waals surface area contributed by atoms with Crippen LogP contribution in [0.1, 0.15) is 60.5 Å². The molecule has 3 aliphatic rings. The van der Waals surface area contributed by atoms with E-state index in [0.29, 0.717) is 135 Å². The molecule has 3 amide bonds. The third-order valence-electron chi connectivity index (χ3n) is 13.7. The average Bonchev–Trinajstić information content (AvgIpc) is 3.94. The molecule has 0 atom stereocenters. The monoisotopic (exact) mass is 1010 g/mol. The van der Waals surface area contributed by atoms with Crippen LogP contribution in [-0.4, -0.2) is 159 Å². The Morgan fingerprint density at radius 1 is 0.720 bits per heavy atom. The molecule has 0 unspecified atom stereocenters. The Hall–Kier alpha value is -8.63. The van der Waals surface area contributed by atoms with E-state index in [-0.39, 0.29) is 29.3 Å². The van der Waals surface area contributed by atoms with Gasteiger partial charge in [0.2, 0.25) is 17.8 Å². The Bertz CT molecular complexity index is 3160. The molecule has 7 heterocycles. The number of hydrogen-bond donors (Lipinski definition) is 4. The van der Waals surface area contributed by atoms with Crippen LogP contribution in [0, 0.1) is 5.41 Å². The predicted octanol–water partition coefficient (Wildman–Crippen LogP) is 3.82. The minimum Gasteiger partial charge on any atom is -0.497 e. The molecule has 75 heavy (non-hydrogen) atoms. The van der Waals surface area contributed by atoms with Crippen LogP contribution in [0.2, 0.25) is 0 Å². The molecule has 386 valence electrons. The maximum Gasteiger partial charge on any atom is 0.257 e. The standard InChI is InChI=1S/C53H58N16O6/c1-73-42-4-2-3-39(24-42)50(71)57-27-36-28-58-52(59-29-36)68-18-16-66(17-19-68)45(70)10-21-74-22-20-65-12-14-67(15-13-65)53-60-30-41(31-61-53)51(72)69-11-9-37-23-35(5-6-40(37)32-69)26-56-49-46(48(55)62-33-63-49)47(54)38-7-8-44-43(25-38)64-34-75-44/h2-8,23-25,28-31,33-34,54H,9-22,26-27,32H2,1H3,(H,57,71)(H3,55,56,62,63). The number of nitrogens with zero attached hydrogens (tertiary/aromatic N) is 12. The van der Waals surface area contributed by atoms with E-state index in [1.54, 1.807) is 74.4 Å². The summed E-state index contributed by atoms with van der Waals surface area (Å²) in [7, 11) is 1.56. The molecule has 4 aromatic heterocycles. The molecule has 2 fully saturated rings. The first kappa shape index (κ1) is 49.9. The van der Waals surface area contributed by atoms with E-state index in [9.17, 15) is 14.4 Å². The van der Waals surface area contributed by atoms with Crippen molar-refractivity contribution in [2.24, 2.45) is 0 Å². The van der Waals surface area contributed by atoms with Gasteiger partial charge in [-0.2, -0.15) is 0 Å². The van der Waals surface area contributed by atoms with Crippen LogP contribution >= 0.6 is 0 Å². The van der Waals surface area contributed by atoms with Gasteiger partial charge in [0, 0.05) is 127 Å². The molecule has 7 aromatic rings. The quantitative estimate of drug-likeness (QED) is 0.0703. The number of fused-ring (bicyclic) bond motifs is 2. The minimum absolute atomic E-state index is 0.0705. The topological polar surface area (TPSA) is 263 Å². The Balaban J connectivity index is 0.604. The summed E-state index contributed by atoms with van der Waals surface area (Å²) in [6.45, 7) is 8.98. The van der Waals surface area contributed by atoms with Gasteiger partial charge in [-0.25, -0.2) is 34.9 Å². The Morgan fingerprint density at radius 2 is 1.48 bits per heavy atom. The first-order valence-electron chi connectivity index (χ1n) is 25.0. The van der Waals surface area contributed by atoms with Crippen LogP contribution in [0.4, 0.5) is 23.5 Å². The number of aromatic nitrogens is 7. The number of hydrogen-bond acceptors (Lipinski definition) is 19. The van der Waals surface area contributed by atoms with Gasteiger partial charge in [-0.15, -0.1) is 0 Å². The highest BCUT2D eigenvalue weighted by molar-refractivity contribution is 6.17. The maximum atomic E-state index is 13.7. The number of methoxy groups -OCH3 is 1. The number of carbonyl (C=O) groups excluding carboxylic acids is 3. The fourth-order valence-electron chi connectivity index (χ4n) is 9.38. The van der Waals surface area contributed by atoms with Crippen LogP contribution in [0.25, 0.3) is 11.1 Å². The number of nitrogens with one attached hydrogen (secondary N) is 3. The summed E-state index contributed by atoms with van der Waals surface area (Å²) in [4.78, 5) is 80.5. The van der Waals surface area contributed by atoms with E-state index >= 15 is 0 Å². The molecule has 0 saturated carbocycles. The highest BCUT2D eigenvalue weighted by Crippen LogP contribution is 2.27. The zero-order chi connectivity index (χ0) is 51.7. The molecule has 0 bridgehead atoms. The molecular formula is C53H58N16O6. The van der Waals surface area contributed by atoms with E-state index in [0.717, 1.165) is 49.4 Å². The van der Waals surface area contributed by atoms with Crippen molar-refractivity contribution in [2.75, 3.05) is 107 Å². The third-order valence-corrected chi connectivity index (χ3v) is 13.7. The van der Waals surface area contributed by atoms with E-state index < -0.39 is 0 Å². The van der Waals surface area contributed by atoms with Gasteiger partial charge in [0.25, 0.3) is 11.8 Å². The molecule has 3 aromatic carbocycles. The van der Waals surface area contributed by atoms with Gasteiger partial charge in [0.15, 0.2) is 12.0 Å². The normalized spacial score (nSPS) is 14.9. The summed E-state index contributed by atoms with van der Waals surface area (Å²) in [5.74, 6) is 2.22. The van der Waals surface area contributed by atoms with Gasteiger partial charge in [0.05, 0.1) is 43.6 Å². The first-order valence-corrected chi connectivity index (χ1v) is 25.0. The van der Waals surface area contributed by atoms with Crippen molar-refractivity contribution >= 4 is 58.1 Å². The maximum absolute atomic E-state index is 13.7. The highest BCUT2D eigenvalue weighted by atomic mass is 16.5. The van der Waals surface area contributed by atoms with Crippen LogP contribution in [0.3, 0.4) is 0 Å². The van der Waals surface area contributed by atoms with Crippen molar-refractivity contribution in [3.05, 3.63) is 143 Å². The van der Waals surface area contributed by atoms with Crippen molar-refractivity contribution in [1.29, 1.82) is 5.41 Å². The molecule has 2 saturated heterocycles. The first-order chi connectivity index (χ1) is 36.6. The number of nitrogen functional groups attached to an aromatic ring is 1. The van der Waals surface area contributed by atoms with Gasteiger partial charge in [-0.3, -0.25) is 24.7 Å². The molecule has 0 spiro atoms. The molecule has 0 aliphatic carbocycles.